The van der Waals surface area contributed by atoms with Crippen molar-refractivity contribution in [1.29, 1.82) is 0 Å². The van der Waals surface area contributed by atoms with Gasteiger partial charge in [0, 0.05) is 30.0 Å². The number of nitrogens with one attached hydrogen (secondary N) is 1. The molecule has 4 rings (SSSR count). The summed E-state index contributed by atoms with van der Waals surface area (Å²) in [6.07, 6.45) is -2.10. The minimum absolute atomic E-state index is 0.0124. The number of rotatable bonds is 9. The summed E-state index contributed by atoms with van der Waals surface area (Å²) < 4.78 is 41.0. The summed E-state index contributed by atoms with van der Waals surface area (Å²) in [5.41, 5.74) is 1.44. The van der Waals surface area contributed by atoms with Crippen molar-refractivity contribution in [2.45, 2.75) is 43.9 Å². The van der Waals surface area contributed by atoms with E-state index in [1.54, 1.807) is 23.6 Å². The summed E-state index contributed by atoms with van der Waals surface area (Å²) in [7, 11) is 0. The van der Waals surface area contributed by atoms with E-state index in [0.717, 1.165) is 10.4 Å². The Hall–Kier alpha value is -3.21. The Bertz CT molecular complexity index is 1230. The van der Waals surface area contributed by atoms with E-state index in [2.05, 4.69) is 5.32 Å². The molecule has 0 saturated carbocycles. The first-order chi connectivity index (χ1) is 17.7. The minimum atomic E-state index is -1.95. The molecule has 1 aliphatic rings. The van der Waals surface area contributed by atoms with E-state index in [-0.39, 0.29) is 24.6 Å². The molecule has 1 saturated heterocycles. The minimum Gasteiger partial charge on any atom is -0.380 e. The number of benzene rings is 2. The van der Waals surface area contributed by atoms with Crippen molar-refractivity contribution in [2.24, 2.45) is 0 Å². The number of aliphatic hydroxyl groups is 2. The van der Waals surface area contributed by atoms with Crippen LogP contribution in [0.25, 0.3) is 0 Å². The summed E-state index contributed by atoms with van der Waals surface area (Å²) >= 11 is 1.38. The van der Waals surface area contributed by atoms with Crippen molar-refractivity contribution in [1.82, 2.24) is 10.2 Å². The van der Waals surface area contributed by atoms with Gasteiger partial charge in [0.25, 0.3) is 11.8 Å². The Morgan fingerprint density at radius 3 is 2.46 bits per heavy atom. The number of amides is 2. The molecular formula is C27H27F3N2O4S. The summed E-state index contributed by atoms with van der Waals surface area (Å²) in [4.78, 5) is 27.5. The third kappa shape index (κ3) is 6.38. The first kappa shape index (κ1) is 26.8. The fraction of sp³-hybridized carbons (Fsp3) is 0.333. The van der Waals surface area contributed by atoms with Crippen LogP contribution in [0.1, 0.15) is 40.5 Å². The number of hydrogen-bond donors (Lipinski definition) is 3. The summed E-state index contributed by atoms with van der Waals surface area (Å²) in [5.74, 6) is -3.27. The van der Waals surface area contributed by atoms with E-state index in [0.29, 0.717) is 31.4 Å². The van der Waals surface area contributed by atoms with Gasteiger partial charge in [0.15, 0.2) is 12.2 Å². The largest absolute Gasteiger partial charge is 0.380 e. The van der Waals surface area contributed by atoms with E-state index < -0.39 is 41.5 Å². The Balaban J connectivity index is 1.28. The second kappa shape index (κ2) is 11.9. The van der Waals surface area contributed by atoms with E-state index in [4.69, 9.17) is 0 Å². The maximum Gasteiger partial charge on any atom is 0.255 e. The van der Waals surface area contributed by atoms with Crippen LogP contribution in [-0.2, 0) is 22.4 Å². The van der Waals surface area contributed by atoms with Crippen molar-refractivity contribution < 1.29 is 33.0 Å². The Kier molecular flexibility index (Phi) is 8.63. The smallest absolute Gasteiger partial charge is 0.255 e. The number of likely N-dealkylation sites (tertiary alicyclic amines) is 1. The molecule has 1 fully saturated rings. The van der Waals surface area contributed by atoms with Gasteiger partial charge in [-0.25, -0.2) is 13.2 Å². The first-order valence-electron chi connectivity index (χ1n) is 11.9. The molecule has 3 aromatic rings. The highest BCUT2D eigenvalue weighted by Gasteiger charge is 2.38. The highest BCUT2D eigenvalue weighted by molar-refractivity contribution is 7.10. The molecule has 2 amide bonds. The zero-order valence-corrected chi connectivity index (χ0v) is 20.7. The molecular weight excluding hydrogens is 505 g/mol. The SMILES string of the molecule is O=C(NCCc1cc(Cc2c(F)cccc2F)cs1)[C@H](O)[C@@H](O)C(=O)N1CCCC1c1ccc(F)cc1. The van der Waals surface area contributed by atoms with Gasteiger partial charge in [-0.1, -0.05) is 18.2 Å². The van der Waals surface area contributed by atoms with Gasteiger partial charge in [-0.3, -0.25) is 9.59 Å². The highest BCUT2D eigenvalue weighted by atomic mass is 32.1. The molecule has 2 aromatic carbocycles. The number of nitrogens with zero attached hydrogens (tertiary/aromatic N) is 1. The van der Waals surface area contributed by atoms with E-state index in [1.165, 1.54) is 46.6 Å². The van der Waals surface area contributed by atoms with Gasteiger partial charge >= 0.3 is 0 Å². The highest BCUT2D eigenvalue weighted by Crippen LogP contribution is 2.32. The predicted molar refractivity (Wildman–Crippen MR) is 132 cm³/mol. The first-order valence-corrected chi connectivity index (χ1v) is 12.8. The molecule has 1 aliphatic heterocycles. The lowest BCUT2D eigenvalue weighted by Crippen LogP contribution is -2.50. The number of aliphatic hydroxyl groups excluding tert-OH is 2. The standard InChI is InChI=1S/C27H27F3N2O4S/c28-18-8-6-17(7-9-18)23-5-2-12-32(23)27(36)25(34)24(33)26(35)31-11-10-19-13-16(15-37-19)14-20-21(29)3-1-4-22(20)30/h1,3-4,6-9,13,15,23-25,33-34H,2,5,10-12,14H2,(H,31,35)/t23?,24-,25-/m1/s1. The van der Waals surface area contributed by atoms with Crippen LogP contribution in [0.15, 0.2) is 53.9 Å². The fourth-order valence-corrected chi connectivity index (χ4v) is 5.37. The van der Waals surface area contributed by atoms with Gasteiger partial charge in [0.2, 0.25) is 0 Å². The molecule has 2 heterocycles. The normalized spacial score (nSPS) is 17.0. The number of carbonyl (C=O) groups is 2. The van der Waals surface area contributed by atoms with Crippen molar-refractivity contribution >= 4 is 23.2 Å². The molecule has 1 aromatic heterocycles. The molecule has 6 nitrogen and oxygen atoms in total. The average Bonchev–Trinajstić information content (AvgIpc) is 3.55. The van der Waals surface area contributed by atoms with Crippen LogP contribution in [0.2, 0.25) is 0 Å². The molecule has 0 aliphatic carbocycles. The topological polar surface area (TPSA) is 89.9 Å². The Morgan fingerprint density at radius 2 is 1.76 bits per heavy atom. The molecule has 10 heteroatoms. The second-order valence-corrected chi connectivity index (χ2v) is 9.97. The molecule has 196 valence electrons. The zero-order chi connectivity index (χ0) is 26.5. The van der Waals surface area contributed by atoms with Crippen LogP contribution < -0.4 is 5.32 Å². The van der Waals surface area contributed by atoms with Gasteiger partial charge in [0.05, 0.1) is 6.04 Å². The van der Waals surface area contributed by atoms with Crippen LogP contribution in [0.5, 0.6) is 0 Å². The summed E-state index contributed by atoms with van der Waals surface area (Å²) in [6.45, 7) is 0.483. The van der Waals surface area contributed by atoms with E-state index in [9.17, 15) is 33.0 Å². The number of thiophene rings is 1. The van der Waals surface area contributed by atoms with Gasteiger partial charge in [-0.2, -0.15) is 0 Å². The van der Waals surface area contributed by atoms with Crippen molar-refractivity contribution in [3.05, 3.63) is 92.9 Å². The van der Waals surface area contributed by atoms with Crippen molar-refractivity contribution in [3.63, 3.8) is 0 Å². The van der Waals surface area contributed by atoms with Gasteiger partial charge in [0.1, 0.15) is 17.5 Å². The lowest BCUT2D eigenvalue weighted by Gasteiger charge is -2.28. The molecule has 0 spiro atoms. The lowest BCUT2D eigenvalue weighted by atomic mass is 10.0. The quantitative estimate of drug-likeness (QED) is 0.394. The predicted octanol–water partition coefficient (Wildman–Crippen LogP) is 3.50. The maximum atomic E-state index is 13.9. The van der Waals surface area contributed by atoms with Gasteiger partial charge in [-0.15, -0.1) is 11.3 Å². The monoisotopic (exact) mass is 532 g/mol. The van der Waals surface area contributed by atoms with Crippen LogP contribution in [-0.4, -0.2) is 52.2 Å². The van der Waals surface area contributed by atoms with Crippen LogP contribution in [0.3, 0.4) is 0 Å². The van der Waals surface area contributed by atoms with Crippen LogP contribution in [0.4, 0.5) is 13.2 Å². The number of carbonyl (C=O) groups excluding carboxylic acids is 2. The molecule has 1 unspecified atom stereocenters. The van der Waals surface area contributed by atoms with E-state index >= 15 is 0 Å². The van der Waals surface area contributed by atoms with E-state index in [1.807, 2.05) is 0 Å². The zero-order valence-electron chi connectivity index (χ0n) is 19.9. The van der Waals surface area contributed by atoms with Gasteiger partial charge < -0.3 is 20.4 Å². The van der Waals surface area contributed by atoms with Crippen molar-refractivity contribution in [3.8, 4) is 0 Å². The number of hydrogen-bond acceptors (Lipinski definition) is 5. The maximum absolute atomic E-state index is 13.9. The molecule has 0 radical (unpaired) electrons. The van der Waals surface area contributed by atoms with Gasteiger partial charge in [-0.05, 0) is 66.1 Å². The fourth-order valence-electron chi connectivity index (χ4n) is 4.48. The third-order valence-electron chi connectivity index (χ3n) is 6.43. The molecule has 3 N–H and O–H groups in total. The molecule has 37 heavy (non-hydrogen) atoms. The average molecular weight is 533 g/mol. The Labute approximate surface area is 216 Å². The van der Waals surface area contributed by atoms with Crippen molar-refractivity contribution in [2.75, 3.05) is 13.1 Å². The Morgan fingerprint density at radius 1 is 1.05 bits per heavy atom. The molecule has 3 atom stereocenters. The second-order valence-electron chi connectivity index (χ2n) is 8.97. The molecule has 0 bridgehead atoms. The summed E-state index contributed by atoms with van der Waals surface area (Å²) in [6, 6.07) is 10.9. The number of halogens is 3. The van der Waals surface area contributed by atoms with Crippen LogP contribution >= 0.6 is 11.3 Å². The summed E-state index contributed by atoms with van der Waals surface area (Å²) in [5, 5.41) is 25.0. The third-order valence-corrected chi connectivity index (χ3v) is 7.48. The lowest BCUT2D eigenvalue weighted by molar-refractivity contribution is -0.153. The van der Waals surface area contributed by atoms with Crippen LogP contribution in [0, 0.1) is 17.5 Å².